The van der Waals surface area contributed by atoms with Gasteiger partial charge in [-0.25, -0.2) is 0 Å². The maximum absolute atomic E-state index is 13.1. The van der Waals surface area contributed by atoms with E-state index in [1.54, 1.807) is 30.2 Å². The molecule has 0 radical (unpaired) electrons. The minimum absolute atomic E-state index is 0.148. The Labute approximate surface area is 208 Å². The Morgan fingerprint density at radius 3 is 2.59 bits per heavy atom. The molecule has 0 bridgehead atoms. The second-order valence-corrected chi connectivity index (χ2v) is 9.43. The number of benzene rings is 3. The summed E-state index contributed by atoms with van der Waals surface area (Å²) in [6, 6.07) is 20.8. The van der Waals surface area contributed by atoms with Crippen molar-refractivity contribution < 1.29 is 14.3 Å². The second kappa shape index (κ2) is 10.1. The van der Waals surface area contributed by atoms with Crippen molar-refractivity contribution in [1.29, 1.82) is 5.26 Å². The van der Waals surface area contributed by atoms with Crippen LogP contribution in [0.1, 0.15) is 27.8 Å². The number of hydrogen-bond donors (Lipinski definition) is 0. The molecule has 1 aliphatic heterocycles. The molecule has 0 N–H and O–H groups in total. The molecule has 5 nitrogen and oxygen atoms in total. The normalized spacial score (nSPS) is 14.4. The fourth-order valence-corrected chi connectivity index (χ4v) is 4.81. The van der Waals surface area contributed by atoms with E-state index in [4.69, 9.17) is 21.7 Å². The van der Waals surface area contributed by atoms with Gasteiger partial charge in [-0.2, -0.15) is 5.26 Å². The first-order valence-electron chi connectivity index (χ1n) is 10.6. The van der Waals surface area contributed by atoms with Gasteiger partial charge in [0, 0.05) is 5.56 Å². The van der Waals surface area contributed by atoms with Crippen LogP contribution in [-0.2, 0) is 11.4 Å². The third-order valence-corrected chi connectivity index (χ3v) is 6.85. The number of anilines is 1. The largest absolute Gasteiger partial charge is 0.493 e. The standard InChI is InChI=1S/C27H22N2O3S2/c1-17-8-10-22(12-18(17)2)29-26(30)25(34-27(29)33)14-19-9-11-23(24(13-19)31-3)32-16-21-7-5-4-6-20(21)15-28/h4-14H,16H2,1-3H3/b25-14-. The van der Waals surface area contributed by atoms with Crippen LogP contribution < -0.4 is 14.4 Å². The molecule has 1 heterocycles. The van der Waals surface area contributed by atoms with E-state index in [2.05, 4.69) is 6.07 Å². The summed E-state index contributed by atoms with van der Waals surface area (Å²) in [7, 11) is 1.56. The Bertz CT molecular complexity index is 1360. The van der Waals surface area contributed by atoms with Gasteiger partial charge < -0.3 is 9.47 Å². The van der Waals surface area contributed by atoms with Crippen molar-refractivity contribution in [2.45, 2.75) is 20.5 Å². The van der Waals surface area contributed by atoms with Gasteiger partial charge in [0.1, 0.15) is 6.61 Å². The first kappa shape index (κ1) is 23.6. The molecular formula is C27H22N2O3S2. The van der Waals surface area contributed by atoms with Gasteiger partial charge >= 0.3 is 0 Å². The van der Waals surface area contributed by atoms with E-state index in [0.717, 1.165) is 27.9 Å². The predicted octanol–water partition coefficient (Wildman–Crippen LogP) is 6.17. The summed E-state index contributed by atoms with van der Waals surface area (Å²) in [5.41, 5.74) is 5.20. The highest BCUT2D eigenvalue weighted by Gasteiger charge is 2.33. The highest BCUT2D eigenvalue weighted by Crippen LogP contribution is 2.37. The van der Waals surface area contributed by atoms with Gasteiger partial charge in [0.2, 0.25) is 0 Å². The monoisotopic (exact) mass is 486 g/mol. The van der Waals surface area contributed by atoms with Crippen molar-refractivity contribution in [2.24, 2.45) is 0 Å². The Kier molecular flexibility index (Phi) is 7.01. The van der Waals surface area contributed by atoms with Crippen LogP contribution in [0.15, 0.2) is 65.6 Å². The molecule has 7 heteroatoms. The number of aryl methyl sites for hydroxylation is 2. The molecule has 0 aliphatic carbocycles. The number of rotatable bonds is 6. The molecule has 170 valence electrons. The molecule has 0 atom stereocenters. The topological polar surface area (TPSA) is 62.6 Å². The molecule has 3 aromatic rings. The fraction of sp³-hybridized carbons (Fsp3) is 0.148. The van der Waals surface area contributed by atoms with Gasteiger partial charge in [-0.05, 0) is 66.9 Å². The van der Waals surface area contributed by atoms with Crippen LogP contribution in [0, 0.1) is 25.2 Å². The summed E-state index contributed by atoms with van der Waals surface area (Å²) in [6.45, 7) is 4.29. The Morgan fingerprint density at radius 2 is 1.85 bits per heavy atom. The van der Waals surface area contributed by atoms with Crippen LogP contribution >= 0.6 is 24.0 Å². The third kappa shape index (κ3) is 4.84. The van der Waals surface area contributed by atoms with Crippen LogP contribution in [0.2, 0.25) is 0 Å². The summed E-state index contributed by atoms with van der Waals surface area (Å²) in [6.07, 6.45) is 1.80. The number of carbonyl (C=O) groups excluding carboxylic acids is 1. The van der Waals surface area contributed by atoms with Crippen molar-refractivity contribution in [3.05, 3.63) is 93.4 Å². The number of methoxy groups -OCH3 is 1. The number of carbonyl (C=O) groups is 1. The highest BCUT2D eigenvalue weighted by atomic mass is 32.2. The number of hydrogen-bond acceptors (Lipinski definition) is 6. The van der Waals surface area contributed by atoms with E-state index in [0.29, 0.717) is 26.3 Å². The molecule has 1 saturated heterocycles. The molecule has 0 saturated carbocycles. The molecule has 1 fully saturated rings. The maximum atomic E-state index is 13.1. The minimum Gasteiger partial charge on any atom is -0.493 e. The van der Waals surface area contributed by atoms with E-state index in [1.165, 1.54) is 11.8 Å². The van der Waals surface area contributed by atoms with Crippen molar-refractivity contribution in [3.8, 4) is 17.6 Å². The predicted molar refractivity (Wildman–Crippen MR) is 140 cm³/mol. The van der Waals surface area contributed by atoms with Crippen LogP contribution in [-0.4, -0.2) is 17.3 Å². The summed E-state index contributed by atoms with van der Waals surface area (Å²) in [4.78, 5) is 15.2. The van der Waals surface area contributed by atoms with Gasteiger partial charge in [-0.3, -0.25) is 9.69 Å². The smallest absolute Gasteiger partial charge is 0.270 e. The van der Waals surface area contributed by atoms with E-state index in [9.17, 15) is 10.1 Å². The number of thioether (sulfide) groups is 1. The second-order valence-electron chi connectivity index (χ2n) is 7.75. The number of nitrogens with zero attached hydrogens (tertiary/aromatic N) is 2. The van der Waals surface area contributed by atoms with Crippen molar-refractivity contribution in [1.82, 2.24) is 0 Å². The van der Waals surface area contributed by atoms with Gasteiger partial charge in [-0.1, -0.05) is 54.3 Å². The molecule has 1 amide bonds. The number of thiocarbonyl (C=S) groups is 1. The van der Waals surface area contributed by atoms with Crippen molar-refractivity contribution in [2.75, 3.05) is 12.0 Å². The molecule has 0 aromatic heterocycles. The lowest BCUT2D eigenvalue weighted by atomic mass is 10.1. The lowest BCUT2D eigenvalue weighted by Gasteiger charge is -2.16. The minimum atomic E-state index is -0.148. The van der Waals surface area contributed by atoms with E-state index >= 15 is 0 Å². The third-order valence-electron chi connectivity index (χ3n) is 5.55. The zero-order valence-electron chi connectivity index (χ0n) is 19.0. The lowest BCUT2D eigenvalue weighted by molar-refractivity contribution is -0.113. The Hall–Kier alpha value is -3.60. The summed E-state index contributed by atoms with van der Waals surface area (Å²) in [5, 5.41) is 9.27. The van der Waals surface area contributed by atoms with Crippen LogP contribution in [0.25, 0.3) is 6.08 Å². The van der Waals surface area contributed by atoms with E-state index < -0.39 is 0 Å². The Balaban J connectivity index is 1.55. The number of amides is 1. The van der Waals surface area contributed by atoms with Crippen LogP contribution in [0.3, 0.4) is 0 Å². The summed E-state index contributed by atoms with van der Waals surface area (Å²) < 4.78 is 11.9. The lowest BCUT2D eigenvalue weighted by Crippen LogP contribution is -2.27. The maximum Gasteiger partial charge on any atom is 0.270 e. The average molecular weight is 487 g/mol. The highest BCUT2D eigenvalue weighted by molar-refractivity contribution is 8.27. The number of nitriles is 1. The quantitative estimate of drug-likeness (QED) is 0.307. The number of ether oxygens (including phenoxy) is 2. The van der Waals surface area contributed by atoms with E-state index in [-0.39, 0.29) is 12.5 Å². The van der Waals surface area contributed by atoms with Crippen molar-refractivity contribution in [3.63, 3.8) is 0 Å². The fourth-order valence-electron chi connectivity index (χ4n) is 3.51. The molecule has 34 heavy (non-hydrogen) atoms. The van der Waals surface area contributed by atoms with Crippen molar-refractivity contribution >= 4 is 46.0 Å². The Morgan fingerprint density at radius 1 is 1.06 bits per heavy atom. The van der Waals surface area contributed by atoms with Gasteiger partial charge in [0.05, 0.1) is 29.3 Å². The average Bonchev–Trinajstić information content (AvgIpc) is 3.12. The SMILES string of the molecule is COc1cc(/C=C2\SC(=S)N(c3ccc(C)c(C)c3)C2=O)ccc1OCc1ccccc1C#N. The van der Waals surface area contributed by atoms with Crippen LogP contribution in [0.5, 0.6) is 11.5 Å². The first-order chi connectivity index (χ1) is 16.4. The van der Waals surface area contributed by atoms with Gasteiger partial charge in [0.15, 0.2) is 15.8 Å². The zero-order valence-corrected chi connectivity index (χ0v) is 20.6. The molecular weight excluding hydrogens is 464 g/mol. The first-order valence-corrected chi connectivity index (χ1v) is 11.8. The molecule has 3 aromatic carbocycles. The molecule has 0 unspecified atom stereocenters. The molecule has 1 aliphatic rings. The van der Waals surface area contributed by atoms with Gasteiger partial charge in [-0.15, -0.1) is 0 Å². The molecule has 4 rings (SSSR count). The summed E-state index contributed by atoms with van der Waals surface area (Å²) >= 11 is 6.78. The molecule has 0 spiro atoms. The zero-order chi connectivity index (χ0) is 24.2. The van der Waals surface area contributed by atoms with Crippen LogP contribution in [0.4, 0.5) is 5.69 Å². The summed E-state index contributed by atoms with van der Waals surface area (Å²) in [5.74, 6) is 0.938. The van der Waals surface area contributed by atoms with E-state index in [1.807, 2.05) is 62.4 Å². The van der Waals surface area contributed by atoms with Gasteiger partial charge in [0.25, 0.3) is 5.91 Å².